The molecule has 0 amide bonds. The standard InChI is InChI=1S/C9H9BrO/c1-6-2-8(10)3-7-4-11-5-9(6)7/h2-3H,4-5H2,1H3. The van der Waals surface area contributed by atoms with Gasteiger partial charge in [-0.05, 0) is 35.7 Å². The van der Waals surface area contributed by atoms with E-state index in [1.807, 2.05) is 0 Å². The molecule has 0 saturated carbocycles. The van der Waals surface area contributed by atoms with E-state index in [9.17, 15) is 0 Å². The first-order valence-corrected chi connectivity index (χ1v) is 4.42. The normalized spacial score (nSPS) is 15.1. The van der Waals surface area contributed by atoms with Crippen molar-refractivity contribution in [2.75, 3.05) is 0 Å². The predicted molar refractivity (Wildman–Crippen MR) is 47.4 cm³/mol. The Bertz CT molecular complexity index is 294. The third kappa shape index (κ3) is 1.21. The number of aryl methyl sites for hydroxylation is 1. The lowest BCUT2D eigenvalue weighted by molar-refractivity contribution is 0.134. The second-order valence-electron chi connectivity index (χ2n) is 2.85. The van der Waals surface area contributed by atoms with E-state index >= 15 is 0 Å². The zero-order chi connectivity index (χ0) is 7.84. The van der Waals surface area contributed by atoms with Crippen molar-refractivity contribution in [1.82, 2.24) is 0 Å². The first-order valence-electron chi connectivity index (χ1n) is 3.63. The minimum atomic E-state index is 0.773. The van der Waals surface area contributed by atoms with E-state index in [4.69, 9.17) is 4.74 Å². The van der Waals surface area contributed by atoms with Gasteiger partial charge in [0, 0.05) is 4.47 Å². The van der Waals surface area contributed by atoms with E-state index in [1.54, 1.807) is 0 Å². The van der Waals surface area contributed by atoms with Gasteiger partial charge >= 0.3 is 0 Å². The number of hydrogen-bond acceptors (Lipinski definition) is 1. The van der Waals surface area contributed by atoms with E-state index in [-0.39, 0.29) is 0 Å². The molecule has 1 aromatic rings. The second-order valence-corrected chi connectivity index (χ2v) is 3.77. The Labute approximate surface area is 74.5 Å². The summed E-state index contributed by atoms with van der Waals surface area (Å²) in [6.45, 7) is 3.68. The van der Waals surface area contributed by atoms with E-state index in [1.165, 1.54) is 16.7 Å². The second kappa shape index (κ2) is 2.61. The van der Waals surface area contributed by atoms with Gasteiger partial charge in [0.15, 0.2) is 0 Å². The summed E-state index contributed by atoms with van der Waals surface area (Å²) >= 11 is 3.46. The number of rotatable bonds is 0. The van der Waals surface area contributed by atoms with E-state index in [0.717, 1.165) is 17.7 Å². The summed E-state index contributed by atoms with van der Waals surface area (Å²) in [7, 11) is 0. The molecule has 0 bridgehead atoms. The van der Waals surface area contributed by atoms with Gasteiger partial charge in [-0.15, -0.1) is 0 Å². The lowest BCUT2D eigenvalue weighted by Gasteiger charge is -2.01. The monoisotopic (exact) mass is 212 g/mol. The summed E-state index contributed by atoms with van der Waals surface area (Å²) in [6.07, 6.45) is 0. The van der Waals surface area contributed by atoms with Crippen molar-refractivity contribution in [2.24, 2.45) is 0 Å². The first kappa shape index (κ1) is 7.32. The first-order chi connectivity index (χ1) is 5.27. The number of halogens is 1. The lowest BCUT2D eigenvalue weighted by Crippen LogP contribution is -1.86. The molecule has 0 spiro atoms. The maximum atomic E-state index is 5.33. The topological polar surface area (TPSA) is 9.23 Å². The van der Waals surface area contributed by atoms with Crippen LogP contribution in [0.4, 0.5) is 0 Å². The highest BCUT2D eigenvalue weighted by Gasteiger charge is 2.13. The van der Waals surface area contributed by atoms with Crippen LogP contribution in [0.5, 0.6) is 0 Å². The molecule has 0 radical (unpaired) electrons. The molecular weight excluding hydrogens is 204 g/mol. The van der Waals surface area contributed by atoms with E-state index in [0.29, 0.717) is 0 Å². The molecule has 1 aliphatic heterocycles. The van der Waals surface area contributed by atoms with Gasteiger partial charge in [0.1, 0.15) is 0 Å². The van der Waals surface area contributed by atoms with E-state index < -0.39 is 0 Å². The number of fused-ring (bicyclic) bond motifs is 1. The Hall–Kier alpha value is -0.340. The Balaban J connectivity index is 2.60. The predicted octanol–water partition coefficient (Wildman–Crippen LogP) is 2.79. The Morgan fingerprint density at radius 1 is 1.36 bits per heavy atom. The smallest absolute Gasteiger partial charge is 0.0727 e. The van der Waals surface area contributed by atoms with Gasteiger partial charge in [0.05, 0.1) is 13.2 Å². The molecule has 2 rings (SSSR count). The average molecular weight is 213 g/mol. The summed E-state index contributed by atoms with van der Waals surface area (Å²) in [6, 6.07) is 4.27. The molecule has 11 heavy (non-hydrogen) atoms. The number of ether oxygens (including phenoxy) is 1. The Kier molecular flexibility index (Phi) is 1.74. The molecule has 58 valence electrons. The Morgan fingerprint density at radius 3 is 3.00 bits per heavy atom. The van der Waals surface area contributed by atoms with Crippen molar-refractivity contribution in [3.05, 3.63) is 33.3 Å². The molecule has 0 unspecified atom stereocenters. The zero-order valence-electron chi connectivity index (χ0n) is 6.36. The Morgan fingerprint density at radius 2 is 2.18 bits per heavy atom. The van der Waals surface area contributed by atoms with Crippen LogP contribution in [0.2, 0.25) is 0 Å². The van der Waals surface area contributed by atoms with Crippen LogP contribution in [0, 0.1) is 6.92 Å². The SMILES string of the molecule is Cc1cc(Br)cc2c1COC2. The van der Waals surface area contributed by atoms with E-state index in [2.05, 4.69) is 35.0 Å². The van der Waals surface area contributed by atoms with Crippen LogP contribution >= 0.6 is 15.9 Å². The zero-order valence-corrected chi connectivity index (χ0v) is 7.94. The quantitative estimate of drug-likeness (QED) is 0.643. The molecule has 0 aliphatic carbocycles. The molecule has 0 atom stereocenters. The molecule has 0 saturated heterocycles. The van der Waals surface area contributed by atoms with Gasteiger partial charge in [-0.25, -0.2) is 0 Å². The highest BCUT2D eigenvalue weighted by atomic mass is 79.9. The molecule has 1 nitrogen and oxygen atoms in total. The third-order valence-corrected chi connectivity index (χ3v) is 2.49. The van der Waals surface area contributed by atoms with Gasteiger partial charge < -0.3 is 4.74 Å². The minimum Gasteiger partial charge on any atom is -0.372 e. The van der Waals surface area contributed by atoms with Gasteiger partial charge in [0.2, 0.25) is 0 Å². The molecule has 2 heteroatoms. The molecule has 0 fully saturated rings. The summed E-state index contributed by atoms with van der Waals surface area (Å²) < 4.78 is 6.48. The third-order valence-electron chi connectivity index (χ3n) is 2.03. The fourth-order valence-electron chi connectivity index (χ4n) is 1.44. The van der Waals surface area contributed by atoms with Crippen LogP contribution < -0.4 is 0 Å². The fraction of sp³-hybridized carbons (Fsp3) is 0.333. The highest BCUT2D eigenvalue weighted by molar-refractivity contribution is 9.10. The van der Waals surface area contributed by atoms with Crippen molar-refractivity contribution < 1.29 is 4.74 Å². The maximum Gasteiger partial charge on any atom is 0.0727 e. The average Bonchev–Trinajstić information content (AvgIpc) is 2.34. The minimum absolute atomic E-state index is 0.773. The van der Waals surface area contributed by atoms with Crippen molar-refractivity contribution >= 4 is 15.9 Å². The van der Waals surface area contributed by atoms with Gasteiger partial charge in [-0.2, -0.15) is 0 Å². The van der Waals surface area contributed by atoms with Crippen LogP contribution in [0.15, 0.2) is 16.6 Å². The van der Waals surface area contributed by atoms with Gasteiger partial charge in [0.25, 0.3) is 0 Å². The van der Waals surface area contributed by atoms with Crippen LogP contribution in [0.1, 0.15) is 16.7 Å². The van der Waals surface area contributed by atoms with Crippen LogP contribution in [-0.2, 0) is 18.0 Å². The van der Waals surface area contributed by atoms with Gasteiger partial charge in [-0.3, -0.25) is 0 Å². The molecule has 1 aliphatic rings. The summed E-state index contributed by atoms with van der Waals surface area (Å²) in [5, 5.41) is 0. The van der Waals surface area contributed by atoms with Crippen LogP contribution in [0.25, 0.3) is 0 Å². The lowest BCUT2D eigenvalue weighted by atomic mass is 10.1. The summed E-state index contributed by atoms with van der Waals surface area (Å²) in [4.78, 5) is 0. The molecule has 1 aromatic carbocycles. The largest absolute Gasteiger partial charge is 0.372 e. The molecule has 0 aromatic heterocycles. The number of hydrogen-bond donors (Lipinski definition) is 0. The van der Waals surface area contributed by atoms with Gasteiger partial charge in [-0.1, -0.05) is 15.9 Å². The molecule has 1 heterocycles. The fourth-order valence-corrected chi connectivity index (χ4v) is 2.06. The van der Waals surface area contributed by atoms with Crippen molar-refractivity contribution in [1.29, 1.82) is 0 Å². The van der Waals surface area contributed by atoms with Crippen LogP contribution in [-0.4, -0.2) is 0 Å². The maximum absolute atomic E-state index is 5.33. The van der Waals surface area contributed by atoms with Crippen LogP contribution in [0.3, 0.4) is 0 Å². The summed E-state index contributed by atoms with van der Waals surface area (Å²) in [5.41, 5.74) is 4.02. The highest BCUT2D eigenvalue weighted by Crippen LogP contribution is 2.26. The van der Waals surface area contributed by atoms with Crippen molar-refractivity contribution in [3.8, 4) is 0 Å². The molecule has 0 N–H and O–H groups in total. The summed E-state index contributed by atoms with van der Waals surface area (Å²) in [5.74, 6) is 0. The molecular formula is C9H9BrO. The van der Waals surface area contributed by atoms with Crippen molar-refractivity contribution in [3.63, 3.8) is 0 Å². The number of benzene rings is 1. The van der Waals surface area contributed by atoms with Crippen molar-refractivity contribution in [2.45, 2.75) is 20.1 Å².